The molecular weight excluding hydrogens is 446 g/mol. The van der Waals surface area contributed by atoms with Crippen LogP contribution in [-0.2, 0) is 19.6 Å². The lowest BCUT2D eigenvalue weighted by Gasteiger charge is -2.34. The van der Waals surface area contributed by atoms with Crippen LogP contribution in [0.5, 0.6) is 5.75 Å². The van der Waals surface area contributed by atoms with Gasteiger partial charge >= 0.3 is 0 Å². The summed E-state index contributed by atoms with van der Waals surface area (Å²) in [5, 5.41) is 5.39. The van der Waals surface area contributed by atoms with E-state index in [1.54, 1.807) is 36.4 Å². The third-order valence-corrected chi connectivity index (χ3v) is 7.00. The van der Waals surface area contributed by atoms with E-state index >= 15 is 0 Å². The number of nitrogens with one attached hydrogen (secondary N) is 2. The summed E-state index contributed by atoms with van der Waals surface area (Å²) in [5.41, 5.74) is 0.861. The predicted molar refractivity (Wildman–Crippen MR) is 124 cm³/mol. The maximum absolute atomic E-state index is 12.9. The van der Waals surface area contributed by atoms with Crippen LogP contribution in [0.15, 0.2) is 53.4 Å². The molecule has 0 spiro atoms. The Morgan fingerprint density at radius 2 is 1.70 bits per heavy atom. The van der Waals surface area contributed by atoms with Gasteiger partial charge in [-0.15, -0.1) is 0 Å². The van der Waals surface area contributed by atoms with Crippen LogP contribution in [0.25, 0.3) is 0 Å². The number of methoxy groups -OCH3 is 1. The molecule has 2 aromatic rings. The van der Waals surface area contributed by atoms with E-state index in [4.69, 9.17) is 9.47 Å². The number of nitrogens with zero attached hydrogens (tertiary/aromatic N) is 1. The Bertz CT molecular complexity index is 1080. The molecule has 2 N–H and O–H groups in total. The molecule has 2 atom stereocenters. The highest BCUT2D eigenvalue weighted by atomic mass is 32.2. The van der Waals surface area contributed by atoms with Crippen molar-refractivity contribution in [3.05, 3.63) is 54.1 Å². The fraction of sp³-hybridized carbons (Fsp3) is 0.391. The summed E-state index contributed by atoms with van der Waals surface area (Å²) in [5.74, 6) is -0.182. The molecule has 0 aliphatic carbocycles. The molecule has 178 valence electrons. The Kier molecular flexibility index (Phi) is 8.06. The molecule has 0 bridgehead atoms. The topological polar surface area (TPSA) is 114 Å². The molecule has 2 amide bonds. The third-order valence-electron chi connectivity index (χ3n) is 5.15. The standard InChI is InChI=1S/C23H29N3O6S/c1-16-14-26(15-17(2)32-16)33(29,30)19-10-8-18(9-11-19)25-22(27)12-13-24-23(28)20-6-4-5-7-21(20)31-3/h4-11,16-17H,12-15H2,1-3H3,(H,24,28)(H,25,27)/t16-,17-/m1/s1. The number of amides is 2. The number of rotatable bonds is 8. The summed E-state index contributed by atoms with van der Waals surface area (Å²) in [4.78, 5) is 24.7. The number of hydrogen-bond acceptors (Lipinski definition) is 6. The van der Waals surface area contributed by atoms with Crippen molar-refractivity contribution in [2.24, 2.45) is 0 Å². The molecule has 1 fully saturated rings. The first-order valence-electron chi connectivity index (χ1n) is 10.7. The largest absolute Gasteiger partial charge is 0.496 e. The van der Waals surface area contributed by atoms with Gasteiger partial charge in [0.1, 0.15) is 5.75 Å². The van der Waals surface area contributed by atoms with Gasteiger partial charge in [-0.1, -0.05) is 12.1 Å². The molecule has 1 saturated heterocycles. The average Bonchev–Trinajstić information content (AvgIpc) is 2.78. The van der Waals surface area contributed by atoms with E-state index in [0.29, 0.717) is 30.1 Å². The summed E-state index contributed by atoms with van der Waals surface area (Å²) in [6.45, 7) is 4.42. The number of hydrogen-bond donors (Lipinski definition) is 2. The van der Waals surface area contributed by atoms with Gasteiger partial charge in [0.2, 0.25) is 15.9 Å². The quantitative estimate of drug-likeness (QED) is 0.605. The minimum absolute atomic E-state index is 0.0600. The number of anilines is 1. The summed E-state index contributed by atoms with van der Waals surface area (Å²) >= 11 is 0. The zero-order chi connectivity index (χ0) is 24.0. The van der Waals surface area contributed by atoms with Crippen molar-refractivity contribution in [3.8, 4) is 5.75 Å². The molecule has 1 aliphatic heterocycles. The number of benzene rings is 2. The fourth-order valence-corrected chi connectivity index (χ4v) is 5.22. The van der Waals surface area contributed by atoms with E-state index in [0.717, 1.165) is 0 Å². The Morgan fingerprint density at radius 3 is 2.33 bits per heavy atom. The van der Waals surface area contributed by atoms with E-state index in [1.165, 1.54) is 23.5 Å². The van der Waals surface area contributed by atoms with Gasteiger partial charge in [0.25, 0.3) is 5.91 Å². The average molecular weight is 476 g/mol. The first-order chi connectivity index (χ1) is 15.7. The highest BCUT2D eigenvalue weighted by molar-refractivity contribution is 7.89. The van der Waals surface area contributed by atoms with Gasteiger partial charge in [-0.2, -0.15) is 4.31 Å². The number of sulfonamides is 1. The minimum Gasteiger partial charge on any atom is -0.496 e. The fourth-order valence-electron chi connectivity index (χ4n) is 3.63. The molecule has 0 aromatic heterocycles. The maximum Gasteiger partial charge on any atom is 0.255 e. The van der Waals surface area contributed by atoms with Crippen LogP contribution in [0.1, 0.15) is 30.6 Å². The number of carbonyl (C=O) groups excluding carboxylic acids is 2. The van der Waals surface area contributed by atoms with Gasteiger partial charge < -0.3 is 20.1 Å². The summed E-state index contributed by atoms with van der Waals surface area (Å²) in [7, 11) is -2.16. The molecule has 0 radical (unpaired) electrons. The molecule has 33 heavy (non-hydrogen) atoms. The van der Waals surface area contributed by atoms with E-state index in [1.807, 2.05) is 13.8 Å². The van der Waals surface area contributed by atoms with Crippen LogP contribution in [0.2, 0.25) is 0 Å². The summed E-state index contributed by atoms with van der Waals surface area (Å²) < 4.78 is 38.0. The normalized spacial score (nSPS) is 19.0. The Morgan fingerprint density at radius 1 is 1.06 bits per heavy atom. The number of morpholine rings is 1. The van der Waals surface area contributed by atoms with Crippen LogP contribution in [0, 0.1) is 0 Å². The van der Waals surface area contributed by atoms with Crippen LogP contribution < -0.4 is 15.4 Å². The zero-order valence-corrected chi connectivity index (χ0v) is 19.7. The second kappa shape index (κ2) is 10.8. The van der Waals surface area contributed by atoms with Crippen molar-refractivity contribution in [1.82, 2.24) is 9.62 Å². The Hall–Kier alpha value is -2.95. The van der Waals surface area contributed by atoms with Gasteiger partial charge in [-0.25, -0.2) is 8.42 Å². The lowest BCUT2D eigenvalue weighted by molar-refractivity contribution is -0.116. The van der Waals surface area contributed by atoms with E-state index in [9.17, 15) is 18.0 Å². The molecule has 1 heterocycles. The SMILES string of the molecule is COc1ccccc1C(=O)NCCC(=O)Nc1ccc(S(=O)(=O)N2C[C@@H](C)O[C@H](C)C2)cc1. The molecule has 2 aromatic carbocycles. The first-order valence-corrected chi connectivity index (χ1v) is 12.1. The van der Waals surface area contributed by atoms with Crippen LogP contribution in [0.3, 0.4) is 0 Å². The van der Waals surface area contributed by atoms with E-state index in [2.05, 4.69) is 10.6 Å². The molecule has 9 nitrogen and oxygen atoms in total. The Labute approximate surface area is 194 Å². The van der Waals surface area contributed by atoms with Crippen LogP contribution in [0.4, 0.5) is 5.69 Å². The highest BCUT2D eigenvalue weighted by Gasteiger charge is 2.32. The third kappa shape index (κ3) is 6.31. The van der Waals surface area contributed by atoms with Gasteiger partial charge in [0.05, 0.1) is 29.8 Å². The van der Waals surface area contributed by atoms with Crippen molar-refractivity contribution in [2.45, 2.75) is 37.4 Å². The molecule has 0 saturated carbocycles. The lowest BCUT2D eigenvalue weighted by atomic mass is 10.2. The maximum atomic E-state index is 12.9. The summed E-state index contributed by atoms with van der Waals surface area (Å²) in [6.07, 6.45) is -0.291. The highest BCUT2D eigenvalue weighted by Crippen LogP contribution is 2.22. The van der Waals surface area contributed by atoms with Crippen molar-refractivity contribution in [1.29, 1.82) is 0 Å². The minimum atomic E-state index is -3.65. The zero-order valence-electron chi connectivity index (χ0n) is 18.9. The number of carbonyl (C=O) groups is 2. The van der Waals surface area contributed by atoms with Crippen molar-refractivity contribution < 1.29 is 27.5 Å². The monoisotopic (exact) mass is 475 g/mol. The molecule has 1 aliphatic rings. The second-order valence-electron chi connectivity index (χ2n) is 7.86. The second-order valence-corrected chi connectivity index (χ2v) is 9.80. The van der Waals surface area contributed by atoms with Crippen LogP contribution >= 0.6 is 0 Å². The Balaban J connectivity index is 1.52. The predicted octanol–water partition coefficient (Wildman–Crippen LogP) is 2.25. The molecule has 3 rings (SSSR count). The van der Waals surface area contributed by atoms with Gasteiger partial charge in [0, 0.05) is 31.7 Å². The van der Waals surface area contributed by atoms with E-state index < -0.39 is 10.0 Å². The first kappa shape index (κ1) is 24.7. The number of para-hydroxylation sites is 1. The van der Waals surface area contributed by atoms with Gasteiger partial charge in [0.15, 0.2) is 0 Å². The van der Waals surface area contributed by atoms with Gasteiger partial charge in [-0.3, -0.25) is 9.59 Å². The number of ether oxygens (including phenoxy) is 2. The molecular formula is C23H29N3O6S. The summed E-state index contributed by atoms with van der Waals surface area (Å²) in [6, 6.07) is 12.9. The van der Waals surface area contributed by atoms with E-state index in [-0.39, 0.29) is 41.9 Å². The van der Waals surface area contributed by atoms with Crippen molar-refractivity contribution >= 4 is 27.5 Å². The lowest BCUT2D eigenvalue weighted by Crippen LogP contribution is -2.48. The van der Waals surface area contributed by atoms with Crippen molar-refractivity contribution in [2.75, 3.05) is 32.1 Å². The molecule has 0 unspecified atom stereocenters. The smallest absolute Gasteiger partial charge is 0.255 e. The van der Waals surface area contributed by atoms with Crippen LogP contribution in [-0.4, -0.2) is 63.5 Å². The van der Waals surface area contributed by atoms with Gasteiger partial charge in [-0.05, 0) is 50.2 Å². The molecule has 10 heteroatoms. The van der Waals surface area contributed by atoms with Crippen molar-refractivity contribution in [3.63, 3.8) is 0 Å².